The Morgan fingerprint density at radius 1 is 1.29 bits per heavy atom. The highest BCUT2D eigenvalue weighted by Crippen LogP contribution is 2.25. The van der Waals surface area contributed by atoms with E-state index in [4.69, 9.17) is 0 Å². The minimum absolute atomic E-state index is 0.772. The summed E-state index contributed by atoms with van der Waals surface area (Å²) in [6.45, 7) is 9.97. The molecule has 94 valence electrons. The van der Waals surface area contributed by atoms with Crippen LogP contribution >= 0.6 is 0 Å². The smallest absolute Gasteiger partial charge is 0.128 e. The molecule has 2 unspecified atom stereocenters. The van der Waals surface area contributed by atoms with Crippen molar-refractivity contribution in [1.82, 2.24) is 4.98 Å². The maximum Gasteiger partial charge on any atom is 0.128 e. The lowest BCUT2D eigenvalue weighted by Gasteiger charge is -2.35. The van der Waals surface area contributed by atoms with Gasteiger partial charge in [-0.25, -0.2) is 4.98 Å². The molecule has 3 heteroatoms. The lowest BCUT2D eigenvalue weighted by Crippen LogP contribution is -2.39. The van der Waals surface area contributed by atoms with Gasteiger partial charge >= 0.3 is 0 Å². The molecule has 1 aliphatic rings. The van der Waals surface area contributed by atoms with Gasteiger partial charge in [0, 0.05) is 19.6 Å². The third-order valence-corrected chi connectivity index (χ3v) is 3.32. The predicted octanol–water partition coefficient (Wildman–Crippen LogP) is 3.00. The average molecular weight is 233 g/mol. The van der Waals surface area contributed by atoms with E-state index >= 15 is 0 Å². The fraction of sp³-hybridized carbons (Fsp3) is 0.643. The second-order valence-electron chi connectivity index (χ2n) is 5.29. The van der Waals surface area contributed by atoms with E-state index in [1.807, 2.05) is 6.20 Å². The van der Waals surface area contributed by atoms with E-state index in [0.717, 1.165) is 43.0 Å². The lowest BCUT2D eigenvalue weighted by atomic mass is 9.92. The van der Waals surface area contributed by atoms with E-state index in [1.165, 1.54) is 6.42 Å². The molecule has 1 aromatic rings. The van der Waals surface area contributed by atoms with Crippen molar-refractivity contribution < 1.29 is 0 Å². The van der Waals surface area contributed by atoms with Crippen molar-refractivity contribution in [3.8, 4) is 0 Å². The van der Waals surface area contributed by atoms with Crippen molar-refractivity contribution in [2.75, 3.05) is 29.9 Å². The predicted molar refractivity (Wildman–Crippen MR) is 73.6 cm³/mol. The molecular formula is C14H23N3. The van der Waals surface area contributed by atoms with Gasteiger partial charge in [0.05, 0.1) is 11.9 Å². The first kappa shape index (κ1) is 12.2. The minimum Gasteiger partial charge on any atom is -0.384 e. The molecule has 0 aliphatic carbocycles. The average Bonchev–Trinajstić information content (AvgIpc) is 2.29. The summed E-state index contributed by atoms with van der Waals surface area (Å²) < 4.78 is 0. The molecule has 2 rings (SSSR count). The zero-order valence-corrected chi connectivity index (χ0v) is 11.1. The summed E-state index contributed by atoms with van der Waals surface area (Å²) in [5, 5.41) is 3.27. The second kappa shape index (κ2) is 5.39. The molecule has 0 radical (unpaired) electrons. The molecule has 1 fully saturated rings. The maximum atomic E-state index is 4.55. The SMILES string of the molecule is CCNc1ccc(N2CC(C)CC(C)C2)nc1. The van der Waals surface area contributed by atoms with Crippen molar-refractivity contribution in [3.05, 3.63) is 18.3 Å². The van der Waals surface area contributed by atoms with Crippen LogP contribution in [0.4, 0.5) is 11.5 Å². The molecule has 0 saturated carbocycles. The van der Waals surface area contributed by atoms with Crippen molar-refractivity contribution >= 4 is 11.5 Å². The monoisotopic (exact) mass is 233 g/mol. The van der Waals surface area contributed by atoms with Gasteiger partial charge < -0.3 is 10.2 Å². The Kier molecular flexibility index (Phi) is 3.87. The minimum atomic E-state index is 0.772. The van der Waals surface area contributed by atoms with Gasteiger partial charge in [0.2, 0.25) is 0 Å². The van der Waals surface area contributed by atoms with Gasteiger partial charge in [-0.15, -0.1) is 0 Å². The largest absolute Gasteiger partial charge is 0.384 e. The quantitative estimate of drug-likeness (QED) is 0.870. The highest BCUT2D eigenvalue weighted by molar-refractivity contribution is 5.48. The number of nitrogens with zero attached hydrogens (tertiary/aromatic N) is 2. The summed E-state index contributed by atoms with van der Waals surface area (Å²) in [5.41, 5.74) is 1.11. The third-order valence-electron chi connectivity index (χ3n) is 3.32. The van der Waals surface area contributed by atoms with E-state index in [2.05, 4.69) is 48.1 Å². The second-order valence-corrected chi connectivity index (χ2v) is 5.29. The number of pyridine rings is 1. The Morgan fingerprint density at radius 2 is 2.00 bits per heavy atom. The first-order valence-corrected chi connectivity index (χ1v) is 6.64. The van der Waals surface area contributed by atoms with Crippen LogP contribution in [-0.4, -0.2) is 24.6 Å². The molecule has 3 nitrogen and oxygen atoms in total. The zero-order chi connectivity index (χ0) is 12.3. The molecule has 0 amide bonds. The molecule has 1 aliphatic heterocycles. The number of hydrogen-bond acceptors (Lipinski definition) is 3. The van der Waals surface area contributed by atoms with Crippen molar-refractivity contribution in [2.45, 2.75) is 27.2 Å². The fourth-order valence-corrected chi connectivity index (χ4v) is 2.73. The Labute approximate surface area is 104 Å². The molecule has 1 N–H and O–H groups in total. The Balaban J connectivity index is 2.06. The number of rotatable bonds is 3. The van der Waals surface area contributed by atoms with Gasteiger partial charge in [-0.1, -0.05) is 13.8 Å². The molecular weight excluding hydrogens is 210 g/mol. The first-order valence-electron chi connectivity index (χ1n) is 6.64. The first-order chi connectivity index (χ1) is 8.19. The standard InChI is InChI=1S/C14H23N3/c1-4-15-13-5-6-14(16-8-13)17-9-11(2)7-12(3)10-17/h5-6,8,11-12,15H,4,7,9-10H2,1-3H3. The van der Waals surface area contributed by atoms with Gasteiger partial charge in [-0.2, -0.15) is 0 Å². The lowest BCUT2D eigenvalue weighted by molar-refractivity contribution is 0.355. The highest BCUT2D eigenvalue weighted by atomic mass is 15.2. The number of piperidine rings is 1. The van der Waals surface area contributed by atoms with Crippen LogP contribution in [0.3, 0.4) is 0 Å². The van der Waals surface area contributed by atoms with Crippen LogP contribution < -0.4 is 10.2 Å². The Hall–Kier alpha value is -1.25. The normalized spacial score (nSPS) is 24.8. The Morgan fingerprint density at radius 3 is 2.53 bits per heavy atom. The summed E-state index contributed by atoms with van der Waals surface area (Å²) >= 11 is 0. The molecule has 0 bridgehead atoms. The number of aromatic nitrogens is 1. The number of nitrogens with one attached hydrogen (secondary N) is 1. The topological polar surface area (TPSA) is 28.2 Å². The fourth-order valence-electron chi connectivity index (χ4n) is 2.73. The van der Waals surface area contributed by atoms with Crippen molar-refractivity contribution in [2.24, 2.45) is 11.8 Å². The molecule has 1 saturated heterocycles. The summed E-state index contributed by atoms with van der Waals surface area (Å²) in [5.74, 6) is 2.66. The van der Waals surface area contributed by atoms with Crippen LogP contribution in [0.25, 0.3) is 0 Å². The molecule has 17 heavy (non-hydrogen) atoms. The van der Waals surface area contributed by atoms with Crippen LogP contribution in [0.2, 0.25) is 0 Å². The summed E-state index contributed by atoms with van der Waals surface area (Å²) in [6.07, 6.45) is 3.27. The summed E-state index contributed by atoms with van der Waals surface area (Å²) in [4.78, 5) is 6.96. The van der Waals surface area contributed by atoms with E-state index in [-0.39, 0.29) is 0 Å². The highest BCUT2D eigenvalue weighted by Gasteiger charge is 2.22. The van der Waals surface area contributed by atoms with Crippen LogP contribution in [0.15, 0.2) is 18.3 Å². The van der Waals surface area contributed by atoms with Crippen LogP contribution in [0.1, 0.15) is 27.2 Å². The molecule has 2 heterocycles. The maximum absolute atomic E-state index is 4.55. The third kappa shape index (κ3) is 3.11. The van der Waals surface area contributed by atoms with Gasteiger partial charge in [0.15, 0.2) is 0 Å². The Bertz CT molecular complexity index is 337. The van der Waals surface area contributed by atoms with Gasteiger partial charge in [0.1, 0.15) is 5.82 Å². The van der Waals surface area contributed by atoms with E-state index < -0.39 is 0 Å². The zero-order valence-electron chi connectivity index (χ0n) is 11.1. The van der Waals surface area contributed by atoms with Crippen molar-refractivity contribution in [1.29, 1.82) is 0 Å². The number of anilines is 2. The molecule has 0 aromatic carbocycles. The molecule has 2 atom stereocenters. The van der Waals surface area contributed by atoms with Crippen LogP contribution in [-0.2, 0) is 0 Å². The van der Waals surface area contributed by atoms with Crippen LogP contribution in [0.5, 0.6) is 0 Å². The summed E-state index contributed by atoms with van der Waals surface area (Å²) in [7, 11) is 0. The van der Waals surface area contributed by atoms with Crippen molar-refractivity contribution in [3.63, 3.8) is 0 Å². The molecule has 1 aromatic heterocycles. The summed E-state index contributed by atoms with van der Waals surface area (Å²) in [6, 6.07) is 4.25. The van der Waals surface area contributed by atoms with Gasteiger partial charge in [-0.3, -0.25) is 0 Å². The number of hydrogen-bond donors (Lipinski definition) is 1. The van der Waals surface area contributed by atoms with E-state index in [0.29, 0.717) is 0 Å². The van der Waals surface area contributed by atoms with Gasteiger partial charge in [0.25, 0.3) is 0 Å². The van der Waals surface area contributed by atoms with E-state index in [9.17, 15) is 0 Å². The molecule has 0 spiro atoms. The van der Waals surface area contributed by atoms with E-state index in [1.54, 1.807) is 0 Å². The van der Waals surface area contributed by atoms with Gasteiger partial charge in [-0.05, 0) is 37.3 Å². The van der Waals surface area contributed by atoms with Crippen LogP contribution in [0, 0.1) is 11.8 Å².